The van der Waals surface area contributed by atoms with Crippen LogP contribution < -0.4 is 4.74 Å². The third-order valence-corrected chi connectivity index (χ3v) is 6.84. The monoisotopic (exact) mass is 442 g/mol. The Morgan fingerprint density at radius 2 is 2.00 bits per heavy atom. The molecule has 2 fully saturated rings. The van der Waals surface area contributed by atoms with Crippen LogP contribution in [0.25, 0.3) is 10.9 Å². The Bertz CT molecular complexity index is 1120. The highest BCUT2D eigenvalue weighted by atomic mass is 19.3. The van der Waals surface area contributed by atoms with Gasteiger partial charge in [-0.05, 0) is 55.5 Å². The topological polar surface area (TPSA) is 62.1 Å². The average molecular weight is 443 g/mol. The van der Waals surface area contributed by atoms with Gasteiger partial charge in [-0.15, -0.1) is 5.10 Å². The van der Waals surface area contributed by atoms with Gasteiger partial charge in [0.05, 0.1) is 31.0 Å². The van der Waals surface area contributed by atoms with Gasteiger partial charge in [-0.3, -0.25) is 4.98 Å². The van der Waals surface area contributed by atoms with Gasteiger partial charge < -0.3 is 9.47 Å². The molecule has 32 heavy (non-hydrogen) atoms. The minimum Gasteiger partial charge on any atom is -0.484 e. The molecule has 0 bridgehead atoms. The second kappa shape index (κ2) is 8.06. The highest BCUT2D eigenvalue weighted by Crippen LogP contribution is 2.66. The lowest BCUT2D eigenvalue weighted by Gasteiger charge is -2.19. The fourth-order valence-electron chi connectivity index (χ4n) is 5.04. The van der Waals surface area contributed by atoms with Crippen molar-refractivity contribution in [3.63, 3.8) is 0 Å². The molecule has 0 radical (unpaired) electrons. The normalized spacial score (nSPS) is 26.0. The Morgan fingerprint density at radius 1 is 1.22 bits per heavy atom. The maximum Gasteiger partial charge on any atom is 0.254 e. The van der Waals surface area contributed by atoms with Crippen LogP contribution in [0.2, 0.25) is 0 Å². The molecule has 0 saturated heterocycles. The van der Waals surface area contributed by atoms with E-state index in [0.717, 1.165) is 28.6 Å². The Kier molecular flexibility index (Phi) is 5.35. The number of aromatic nitrogens is 4. The van der Waals surface area contributed by atoms with E-state index in [1.807, 2.05) is 51.4 Å². The number of hydrogen-bond acceptors (Lipinski definition) is 5. The molecule has 170 valence electrons. The van der Waals surface area contributed by atoms with Gasteiger partial charge in [0.2, 0.25) is 0 Å². The average Bonchev–Trinajstić information content (AvgIpc) is 3.29. The summed E-state index contributed by atoms with van der Waals surface area (Å²) in [7, 11) is 0. The molecule has 1 unspecified atom stereocenters. The summed E-state index contributed by atoms with van der Waals surface area (Å²) in [5.41, 5.74) is 4.04. The molecule has 3 aromatic rings. The fraction of sp³-hybridized carbons (Fsp3) is 0.542. The van der Waals surface area contributed by atoms with Crippen molar-refractivity contribution in [1.29, 1.82) is 0 Å². The predicted octanol–water partition coefficient (Wildman–Crippen LogP) is 5.28. The highest BCUT2D eigenvalue weighted by Gasteiger charge is 2.71. The van der Waals surface area contributed by atoms with Crippen LogP contribution in [0, 0.1) is 11.8 Å². The number of ether oxygens (including phenoxy) is 2. The molecule has 6 rings (SSSR count). The van der Waals surface area contributed by atoms with Crippen LogP contribution >= 0.6 is 0 Å². The molecule has 3 heterocycles. The first kappa shape index (κ1) is 21.2. The van der Waals surface area contributed by atoms with Crippen LogP contribution in [-0.2, 0) is 17.8 Å². The summed E-state index contributed by atoms with van der Waals surface area (Å²) in [6, 6.07) is 5.91. The molecule has 4 atom stereocenters. The van der Waals surface area contributed by atoms with Crippen LogP contribution in [-0.4, -0.2) is 32.5 Å². The summed E-state index contributed by atoms with van der Waals surface area (Å²) < 4.78 is 40.3. The standard InChI is InChI=1S/C22H22F2N4O2.C2H6/c1-12(21-10-28(27-26-21)14-6-18-19(7-14)22(18,23)24)30-15-2-3-20-17(8-15)16-4-5-29-11-13(16)9-25-20;1-2/h2-3,8-10,12,14,18-19H,4-7,11H2,1H3;1-2H3/t12-,14?,18-,19+;/m1./s1. The molecule has 0 spiro atoms. The zero-order valence-electron chi connectivity index (χ0n) is 18.6. The summed E-state index contributed by atoms with van der Waals surface area (Å²) in [5, 5.41) is 9.52. The molecule has 0 amide bonds. The van der Waals surface area contributed by atoms with Gasteiger partial charge in [0.15, 0.2) is 0 Å². The van der Waals surface area contributed by atoms with Gasteiger partial charge >= 0.3 is 0 Å². The summed E-state index contributed by atoms with van der Waals surface area (Å²) >= 11 is 0. The van der Waals surface area contributed by atoms with E-state index in [4.69, 9.17) is 9.47 Å². The smallest absolute Gasteiger partial charge is 0.254 e. The first-order valence-corrected chi connectivity index (χ1v) is 11.4. The first-order valence-electron chi connectivity index (χ1n) is 11.4. The van der Waals surface area contributed by atoms with Crippen molar-refractivity contribution in [3.8, 4) is 5.75 Å². The third kappa shape index (κ3) is 3.54. The molecule has 0 N–H and O–H groups in total. The van der Waals surface area contributed by atoms with E-state index in [9.17, 15) is 8.78 Å². The first-order chi connectivity index (χ1) is 15.5. The number of alkyl halides is 2. The zero-order valence-corrected chi connectivity index (χ0v) is 18.6. The van der Waals surface area contributed by atoms with Crippen LogP contribution in [0.1, 0.15) is 62.6 Å². The number of nitrogens with zero attached hydrogens (tertiary/aromatic N) is 4. The molecular formula is C24H28F2N4O2. The van der Waals surface area contributed by atoms with E-state index in [0.29, 0.717) is 31.7 Å². The summed E-state index contributed by atoms with van der Waals surface area (Å²) in [5.74, 6) is -2.68. The van der Waals surface area contributed by atoms with E-state index in [2.05, 4.69) is 15.3 Å². The fourth-order valence-corrected chi connectivity index (χ4v) is 5.04. The number of fused-ring (bicyclic) bond motifs is 4. The van der Waals surface area contributed by atoms with Gasteiger partial charge in [-0.2, -0.15) is 0 Å². The van der Waals surface area contributed by atoms with Crippen LogP contribution in [0.5, 0.6) is 5.75 Å². The highest BCUT2D eigenvalue weighted by molar-refractivity contribution is 5.84. The third-order valence-electron chi connectivity index (χ3n) is 6.84. The summed E-state index contributed by atoms with van der Waals surface area (Å²) in [4.78, 5) is 4.53. The maximum atomic E-state index is 13.4. The lowest BCUT2D eigenvalue weighted by atomic mass is 10.00. The molecular weight excluding hydrogens is 414 g/mol. The Labute approximate surface area is 185 Å². The van der Waals surface area contributed by atoms with E-state index in [1.165, 1.54) is 5.56 Å². The Balaban J connectivity index is 0.00000105. The second-order valence-electron chi connectivity index (χ2n) is 8.64. The van der Waals surface area contributed by atoms with Crippen molar-refractivity contribution < 1.29 is 18.3 Å². The number of halogens is 2. The molecule has 6 nitrogen and oxygen atoms in total. The minimum absolute atomic E-state index is 0.00793. The number of benzene rings is 1. The van der Waals surface area contributed by atoms with Crippen molar-refractivity contribution in [1.82, 2.24) is 20.0 Å². The lowest BCUT2D eigenvalue weighted by Crippen LogP contribution is -2.13. The minimum atomic E-state index is -2.47. The molecule has 8 heteroatoms. The SMILES string of the molecule is CC.C[C@@H](Oc1ccc2ncc3c(c2c1)CCOC3)c1cn(C2C[C@@H]3[C@H](C2)C3(F)F)nn1. The van der Waals surface area contributed by atoms with E-state index in [-0.39, 0.29) is 12.1 Å². The van der Waals surface area contributed by atoms with Gasteiger partial charge in [0, 0.05) is 23.4 Å². The molecule has 2 saturated carbocycles. The Morgan fingerprint density at radius 3 is 2.78 bits per heavy atom. The number of hydrogen-bond donors (Lipinski definition) is 0. The number of pyridine rings is 1. The van der Waals surface area contributed by atoms with Crippen molar-refractivity contribution in [2.75, 3.05) is 6.61 Å². The number of rotatable bonds is 4. The van der Waals surface area contributed by atoms with Gasteiger partial charge in [0.25, 0.3) is 5.92 Å². The van der Waals surface area contributed by atoms with Gasteiger partial charge in [0.1, 0.15) is 17.5 Å². The van der Waals surface area contributed by atoms with Crippen molar-refractivity contribution in [2.24, 2.45) is 11.8 Å². The van der Waals surface area contributed by atoms with Crippen LogP contribution in [0.4, 0.5) is 8.78 Å². The Hall–Kier alpha value is -2.61. The van der Waals surface area contributed by atoms with Gasteiger partial charge in [-0.1, -0.05) is 19.1 Å². The van der Waals surface area contributed by atoms with Crippen molar-refractivity contribution in [3.05, 3.63) is 47.4 Å². The second-order valence-corrected chi connectivity index (χ2v) is 8.64. The predicted molar refractivity (Wildman–Crippen MR) is 116 cm³/mol. The lowest BCUT2D eigenvalue weighted by molar-refractivity contribution is 0.0636. The molecule has 1 aromatic carbocycles. The van der Waals surface area contributed by atoms with Crippen molar-refractivity contribution >= 4 is 10.9 Å². The van der Waals surface area contributed by atoms with E-state index >= 15 is 0 Å². The molecule has 2 aliphatic carbocycles. The summed E-state index contributed by atoms with van der Waals surface area (Å²) in [6.07, 6.45) is 5.24. The largest absolute Gasteiger partial charge is 0.484 e. The van der Waals surface area contributed by atoms with Gasteiger partial charge in [-0.25, -0.2) is 13.5 Å². The zero-order chi connectivity index (χ0) is 22.5. The molecule has 1 aliphatic heterocycles. The summed E-state index contributed by atoms with van der Waals surface area (Å²) in [6.45, 7) is 7.23. The van der Waals surface area contributed by atoms with Crippen molar-refractivity contribution in [2.45, 2.75) is 64.7 Å². The van der Waals surface area contributed by atoms with E-state index in [1.54, 1.807) is 4.68 Å². The molecule has 3 aliphatic rings. The van der Waals surface area contributed by atoms with E-state index < -0.39 is 17.8 Å². The maximum absolute atomic E-state index is 13.4. The van der Waals surface area contributed by atoms with Crippen LogP contribution in [0.3, 0.4) is 0 Å². The van der Waals surface area contributed by atoms with Crippen LogP contribution in [0.15, 0.2) is 30.6 Å². The quantitative estimate of drug-likeness (QED) is 0.550. The molecule has 2 aromatic heterocycles.